The summed E-state index contributed by atoms with van der Waals surface area (Å²) in [5.41, 5.74) is 0.801. The summed E-state index contributed by atoms with van der Waals surface area (Å²) in [4.78, 5) is 0. The molecule has 0 unspecified atom stereocenters. The van der Waals surface area contributed by atoms with Gasteiger partial charge in [0.05, 0.1) is 31.6 Å². The Morgan fingerprint density at radius 3 is 2.95 bits per heavy atom. The lowest BCUT2D eigenvalue weighted by atomic mass is 10.4. The topological polar surface area (TPSA) is 112 Å². The molecule has 0 aliphatic carbocycles. The number of nitrogens with one attached hydrogen (secondary N) is 1. The number of methoxy groups -OCH3 is 1. The standard InChI is InChI=1S/C11H16N4O4S/c1-18-5-4-15-8-9(6-14-15)13-7-10-2-3-11(19-10)20(12,16)17/h2-3,6,8,13H,4-5,7H2,1H3,(H2,12,16,17). The second-order valence-corrected chi connectivity index (χ2v) is 5.60. The van der Waals surface area contributed by atoms with Gasteiger partial charge in [0.25, 0.3) is 10.0 Å². The van der Waals surface area contributed by atoms with E-state index in [9.17, 15) is 8.42 Å². The quantitative estimate of drug-likeness (QED) is 0.764. The van der Waals surface area contributed by atoms with Crippen molar-refractivity contribution in [3.63, 3.8) is 0 Å². The van der Waals surface area contributed by atoms with Gasteiger partial charge in [0.15, 0.2) is 0 Å². The zero-order valence-corrected chi connectivity index (χ0v) is 11.8. The predicted molar refractivity (Wildman–Crippen MR) is 71.5 cm³/mol. The van der Waals surface area contributed by atoms with Crippen LogP contribution in [0.25, 0.3) is 0 Å². The summed E-state index contributed by atoms with van der Waals surface area (Å²) in [6.45, 7) is 1.58. The first-order valence-corrected chi connectivity index (χ1v) is 7.40. The van der Waals surface area contributed by atoms with Gasteiger partial charge in [0.1, 0.15) is 5.76 Å². The third kappa shape index (κ3) is 3.83. The number of hydrogen-bond donors (Lipinski definition) is 2. The molecule has 8 nitrogen and oxygen atoms in total. The molecule has 110 valence electrons. The van der Waals surface area contributed by atoms with E-state index in [1.807, 2.05) is 6.20 Å². The Hall–Kier alpha value is -1.84. The summed E-state index contributed by atoms with van der Waals surface area (Å²) in [5, 5.41) is 11.9. The normalized spacial score (nSPS) is 11.7. The van der Waals surface area contributed by atoms with E-state index in [2.05, 4.69) is 10.4 Å². The fourth-order valence-corrected chi connectivity index (χ4v) is 2.04. The second-order valence-electron chi connectivity index (χ2n) is 4.10. The zero-order valence-electron chi connectivity index (χ0n) is 10.9. The van der Waals surface area contributed by atoms with Crippen LogP contribution in [0, 0.1) is 0 Å². The molecule has 20 heavy (non-hydrogen) atoms. The Kier molecular flexibility index (Phi) is 4.42. The van der Waals surface area contributed by atoms with Crippen molar-refractivity contribution in [3.05, 3.63) is 30.3 Å². The summed E-state index contributed by atoms with van der Waals surface area (Å²) in [7, 11) is -2.17. The molecule has 0 saturated heterocycles. The van der Waals surface area contributed by atoms with Gasteiger partial charge in [-0.2, -0.15) is 5.10 Å². The van der Waals surface area contributed by atoms with Gasteiger partial charge < -0.3 is 14.5 Å². The molecule has 2 rings (SSSR count). The van der Waals surface area contributed by atoms with E-state index in [0.29, 0.717) is 25.5 Å². The third-order valence-corrected chi connectivity index (χ3v) is 3.32. The van der Waals surface area contributed by atoms with Crippen LogP contribution in [-0.2, 0) is 27.8 Å². The number of nitrogens with zero attached hydrogens (tertiary/aromatic N) is 2. The highest BCUT2D eigenvalue weighted by Gasteiger charge is 2.13. The summed E-state index contributed by atoms with van der Waals surface area (Å²) in [6.07, 6.45) is 3.49. The fourth-order valence-electron chi connectivity index (χ4n) is 1.56. The maximum atomic E-state index is 11.1. The van der Waals surface area contributed by atoms with Crippen molar-refractivity contribution in [2.75, 3.05) is 19.0 Å². The maximum Gasteiger partial charge on any atom is 0.271 e. The van der Waals surface area contributed by atoms with Gasteiger partial charge in [-0.1, -0.05) is 0 Å². The van der Waals surface area contributed by atoms with Crippen LogP contribution in [0.15, 0.2) is 34.0 Å². The van der Waals surface area contributed by atoms with E-state index in [4.69, 9.17) is 14.3 Å². The van der Waals surface area contributed by atoms with E-state index in [1.54, 1.807) is 24.1 Å². The molecule has 0 fully saturated rings. The first kappa shape index (κ1) is 14.6. The lowest BCUT2D eigenvalue weighted by Gasteiger charge is -2.01. The molecular weight excluding hydrogens is 284 g/mol. The summed E-state index contributed by atoms with van der Waals surface area (Å²) in [5.74, 6) is 0.471. The molecule has 2 aromatic rings. The van der Waals surface area contributed by atoms with Crippen LogP contribution in [0.4, 0.5) is 5.69 Å². The van der Waals surface area contributed by atoms with E-state index >= 15 is 0 Å². The van der Waals surface area contributed by atoms with Gasteiger partial charge in [-0.3, -0.25) is 4.68 Å². The Balaban J connectivity index is 1.92. The smallest absolute Gasteiger partial charge is 0.271 e. The molecule has 0 saturated carbocycles. The molecule has 2 aromatic heterocycles. The van der Waals surface area contributed by atoms with Crippen molar-refractivity contribution in [3.8, 4) is 0 Å². The van der Waals surface area contributed by atoms with Gasteiger partial charge in [0.2, 0.25) is 5.09 Å². The largest absolute Gasteiger partial charge is 0.446 e. The minimum Gasteiger partial charge on any atom is -0.446 e. The fraction of sp³-hybridized carbons (Fsp3) is 0.364. The molecule has 2 heterocycles. The maximum absolute atomic E-state index is 11.1. The lowest BCUT2D eigenvalue weighted by molar-refractivity contribution is 0.183. The number of hydrogen-bond acceptors (Lipinski definition) is 6. The van der Waals surface area contributed by atoms with E-state index < -0.39 is 10.0 Å². The average molecular weight is 300 g/mol. The van der Waals surface area contributed by atoms with E-state index in [1.165, 1.54) is 6.07 Å². The average Bonchev–Trinajstić information content (AvgIpc) is 3.02. The number of rotatable bonds is 7. The van der Waals surface area contributed by atoms with Gasteiger partial charge in [-0.25, -0.2) is 13.6 Å². The molecule has 9 heteroatoms. The predicted octanol–water partition coefficient (Wildman–Crippen LogP) is 0.382. The van der Waals surface area contributed by atoms with Crippen LogP contribution in [0.3, 0.4) is 0 Å². The number of anilines is 1. The van der Waals surface area contributed by atoms with Gasteiger partial charge >= 0.3 is 0 Å². The molecule has 0 aliphatic heterocycles. The molecule has 3 N–H and O–H groups in total. The van der Waals surface area contributed by atoms with Crippen LogP contribution in [-0.4, -0.2) is 31.9 Å². The van der Waals surface area contributed by atoms with Crippen molar-refractivity contribution in [2.24, 2.45) is 5.14 Å². The number of nitrogens with two attached hydrogens (primary N) is 1. The molecule has 0 radical (unpaired) electrons. The monoisotopic (exact) mass is 300 g/mol. The van der Waals surface area contributed by atoms with Crippen molar-refractivity contribution in [1.29, 1.82) is 0 Å². The number of aromatic nitrogens is 2. The minimum atomic E-state index is -3.80. The molecule has 0 amide bonds. The summed E-state index contributed by atoms with van der Waals surface area (Å²) in [6, 6.07) is 2.89. The first-order chi connectivity index (χ1) is 9.49. The van der Waals surface area contributed by atoms with Gasteiger partial charge in [0, 0.05) is 13.3 Å². The van der Waals surface area contributed by atoms with E-state index in [0.717, 1.165) is 5.69 Å². The van der Waals surface area contributed by atoms with Gasteiger partial charge in [-0.05, 0) is 12.1 Å². The van der Waals surface area contributed by atoms with Crippen molar-refractivity contribution < 1.29 is 17.6 Å². The highest BCUT2D eigenvalue weighted by atomic mass is 32.2. The minimum absolute atomic E-state index is 0.245. The molecular formula is C11H16N4O4S. The molecule has 0 bridgehead atoms. The van der Waals surface area contributed by atoms with Crippen LogP contribution < -0.4 is 10.5 Å². The molecule has 0 spiro atoms. The second kappa shape index (κ2) is 6.07. The highest BCUT2D eigenvalue weighted by Crippen LogP contribution is 2.14. The summed E-state index contributed by atoms with van der Waals surface area (Å²) < 4.78 is 33.9. The van der Waals surface area contributed by atoms with Crippen LogP contribution in [0.1, 0.15) is 5.76 Å². The number of sulfonamides is 1. The number of primary sulfonamides is 1. The van der Waals surface area contributed by atoms with E-state index in [-0.39, 0.29) is 5.09 Å². The van der Waals surface area contributed by atoms with Crippen LogP contribution in [0.5, 0.6) is 0 Å². The Morgan fingerprint density at radius 2 is 2.30 bits per heavy atom. The number of furan rings is 1. The first-order valence-electron chi connectivity index (χ1n) is 5.86. The highest BCUT2D eigenvalue weighted by molar-refractivity contribution is 7.89. The van der Waals surface area contributed by atoms with Crippen LogP contribution >= 0.6 is 0 Å². The molecule has 0 atom stereocenters. The Bertz CT molecular complexity index is 662. The number of ether oxygens (including phenoxy) is 1. The van der Waals surface area contributed by atoms with Gasteiger partial charge in [-0.15, -0.1) is 0 Å². The Morgan fingerprint density at radius 1 is 1.50 bits per heavy atom. The Labute approximate surface area is 116 Å². The third-order valence-electron chi connectivity index (χ3n) is 2.54. The summed E-state index contributed by atoms with van der Waals surface area (Å²) >= 11 is 0. The zero-order chi connectivity index (χ0) is 14.6. The van der Waals surface area contributed by atoms with Crippen molar-refractivity contribution in [2.45, 2.75) is 18.2 Å². The van der Waals surface area contributed by atoms with Crippen molar-refractivity contribution in [1.82, 2.24) is 9.78 Å². The molecule has 0 aliphatic rings. The lowest BCUT2D eigenvalue weighted by Crippen LogP contribution is -2.10. The van der Waals surface area contributed by atoms with Crippen LogP contribution in [0.2, 0.25) is 0 Å². The SMILES string of the molecule is COCCn1cc(NCc2ccc(S(N)(=O)=O)o2)cn1. The van der Waals surface area contributed by atoms with Crippen molar-refractivity contribution >= 4 is 15.7 Å². The molecule has 0 aromatic carbocycles.